The molecule has 1 amide bonds. The third kappa shape index (κ3) is 5.53. The lowest BCUT2D eigenvalue weighted by Gasteiger charge is -2.28. The van der Waals surface area contributed by atoms with Gasteiger partial charge in [0.05, 0.1) is 10.8 Å². The summed E-state index contributed by atoms with van der Waals surface area (Å²) in [5, 5.41) is 10.1. The number of benzene rings is 2. The van der Waals surface area contributed by atoms with Gasteiger partial charge >= 0.3 is 0 Å². The molecule has 6 nitrogen and oxygen atoms in total. The standard InChI is InChI=1S/C25H29ClN4O2S/c1-3-20(4-2)30-23(16-32-22-12-8-7-11-21(22)26)27-28-25(30)33-17-24(31)29-14-13-18-9-5-6-10-19(18)15-29/h5-12,20H,3-4,13-17H2,1-2H3. The molecule has 1 aliphatic rings. The fourth-order valence-corrected chi connectivity index (χ4v) is 5.27. The number of para-hydroxylation sites is 1. The molecule has 3 aromatic rings. The molecule has 0 saturated carbocycles. The predicted molar refractivity (Wildman–Crippen MR) is 132 cm³/mol. The number of thioether (sulfide) groups is 1. The SMILES string of the molecule is CCC(CC)n1c(COc2ccccc2Cl)nnc1SCC(=O)N1CCc2ccccc2C1. The molecule has 0 atom stereocenters. The summed E-state index contributed by atoms with van der Waals surface area (Å²) in [5.41, 5.74) is 2.58. The van der Waals surface area contributed by atoms with Gasteiger partial charge in [0.25, 0.3) is 0 Å². The fourth-order valence-electron chi connectivity index (χ4n) is 4.16. The van der Waals surface area contributed by atoms with E-state index in [2.05, 4.69) is 46.8 Å². The van der Waals surface area contributed by atoms with Gasteiger partial charge in [-0.25, -0.2) is 0 Å². The van der Waals surface area contributed by atoms with Crippen LogP contribution in [0.4, 0.5) is 0 Å². The van der Waals surface area contributed by atoms with Crippen molar-refractivity contribution >= 4 is 29.3 Å². The average Bonchev–Trinajstić information content (AvgIpc) is 3.25. The Hall–Kier alpha value is -2.51. The van der Waals surface area contributed by atoms with Gasteiger partial charge in [0.2, 0.25) is 5.91 Å². The van der Waals surface area contributed by atoms with Gasteiger partial charge in [-0.3, -0.25) is 4.79 Å². The van der Waals surface area contributed by atoms with E-state index in [1.807, 2.05) is 29.2 Å². The van der Waals surface area contributed by atoms with Crippen LogP contribution in [0.3, 0.4) is 0 Å². The minimum atomic E-state index is 0.127. The third-order valence-electron chi connectivity index (χ3n) is 6.04. The monoisotopic (exact) mass is 484 g/mol. The lowest BCUT2D eigenvalue weighted by atomic mass is 10.00. The normalized spacial score (nSPS) is 13.3. The van der Waals surface area contributed by atoms with Crippen LogP contribution in [0.15, 0.2) is 53.7 Å². The molecule has 0 unspecified atom stereocenters. The summed E-state index contributed by atoms with van der Waals surface area (Å²) in [5.74, 6) is 1.83. The van der Waals surface area contributed by atoms with Crippen LogP contribution in [0.2, 0.25) is 5.02 Å². The second-order valence-corrected chi connectivity index (χ2v) is 9.43. The first-order chi connectivity index (χ1) is 16.1. The summed E-state index contributed by atoms with van der Waals surface area (Å²) >= 11 is 7.68. The molecule has 0 fully saturated rings. The van der Waals surface area contributed by atoms with E-state index in [1.54, 1.807) is 6.07 Å². The maximum atomic E-state index is 13.0. The molecule has 2 heterocycles. The number of hydrogen-bond acceptors (Lipinski definition) is 5. The number of ether oxygens (including phenoxy) is 1. The number of halogens is 1. The highest BCUT2D eigenvalue weighted by Gasteiger charge is 2.23. The number of fused-ring (bicyclic) bond motifs is 1. The lowest BCUT2D eigenvalue weighted by molar-refractivity contribution is -0.129. The van der Waals surface area contributed by atoms with Crippen molar-refractivity contribution in [3.05, 3.63) is 70.5 Å². The Morgan fingerprint density at radius 3 is 2.58 bits per heavy atom. The first kappa shape index (κ1) is 23.6. The van der Waals surface area contributed by atoms with Crippen molar-refractivity contribution in [3.8, 4) is 5.75 Å². The molecule has 0 aliphatic carbocycles. The van der Waals surface area contributed by atoms with Gasteiger partial charge in [-0.15, -0.1) is 10.2 Å². The van der Waals surface area contributed by atoms with Crippen LogP contribution in [0.5, 0.6) is 5.75 Å². The van der Waals surface area contributed by atoms with Crippen molar-refractivity contribution in [2.24, 2.45) is 0 Å². The molecule has 1 aliphatic heterocycles. The summed E-state index contributed by atoms with van der Waals surface area (Å²) in [6.07, 6.45) is 2.79. The number of rotatable bonds is 9. The van der Waals surface area contributed by atoms with Gasteiger partial charge in [0.15, 0.2) is 11.0 Å². The second kappa shape index (κ2) is 11.1. The van der Waals surface area contributed by atoms with Crippen LogP contribution >= 0.6 is 23.4 Å². The molecule has 0 radical (unpaired) electrons. The topological polar surface area (TPSA) is 60.2 Å². The van der Waals surface area contributed by atoms with Crippen LogP contribution in [0, 0.1) is 0 Å². The van der Waals surface area contributed by atoms with Gasteiger partial charge in [-0.1, -0.05) is 73.6 Å². The molecule has 8 heteroatoms. The van der Waals surface area contributed by atoms with Crippen molar-refractivity contribution < 1.29 is 9.53 Å². The van der Waals surface area contributed by atoms with E-state index in [0.717, 1.165) is 36.8 Å². The van der Waals surface area contributed by atoms with E-state index in [9.17, 15) is 4.79 Å². The van der Waals surface area contributed by atoms with Gasteiger partial charge in [0.1, 0.15) is 12.4 Å². The molecule has 0 spiro atoms. The van der Waals surface area contributed by atoms with Gasteiger partial charge in [-0.2, -0.15) is 0 Å². The van der Waals surface area contributed by atoms with E-state index < -0.39 is 0 Å². The summed E-state index contributed by atoms with van der Waals surface area (Å²) in [6.45, 7) is 6.00. The van der Waals surface area contributed by atoms with Crippen LogP contribution in [0.25, 0.3) is 0 Å². The zero-order chi connectivity index (χ0) is 23.2. The van der Waals surface area contributed by atoms with E-state index in [4.69, 9.17) is 16.3 Å². The van der Waals surface area contributed by atoms with E-state index in [0.29, 0.717) is 23.1 Å². The second-order valence-electron chi connectivity index (χ2n) is 8.08. The van der Waals surface area contributed by atoms with E-state index >= 15 is 0 Å². The summed E-state index contributed by atoms with van der Waals surface area (Å²) in [7, 11) is 0. The molecule has 33 heavy (non-hydrogen) atoms. The minimum Gasteiger partial charge on any atom is -0.484 e. The lowest BCUT2D eigenvalue weighted by Crippen LogP contribution is -2.37. The summed E-state index contributed by atoms with van der Waals surface area (Å²) in [6, 6.07) is 16.0. The van der Waals surface area contributed by atoms with Crippen molar-refractivity contribution in [1.29, 1.82) is 0 Å². The van der Waals surface area contributed by atoms with Gasteiger partial charge in [-0.05, 0) is 42.5 Å². The van der Waals surface area contributed by atoms with Crippen LogP contribution in [-0.4, -0.2) is 37.9 Å². The number of amides is 1. The van der Waals surface area contributed by atoms with Crippen molar-refractivity contribution in [2.75, 3.05) is 12.3 Å². The fraction of sp³-hybridized carbons (Fsp3) is 0.400. The highest BCUT2D eigenvalue weighted by Crippen LogP contribution is 2.29. The molecule has 0 saturated heterocycles. The van der Waals surface area contributed by atoms with Crippen LogP contribution in [0.1, 0.15) is 49.7 Å². The Balaban J connectivity index is 1.44. The Morgan fingerprint density at radius 1 is 1.09 bits per heavy atom. The molecule has 1 aromatic heterocycles. The number of hydrogen-bond donors (Lipinski definition) is 0. The Labute approximate surface area is 204 Å². The Kier molecular flexibility index (Phi) is 7.93. The zero-order valence-corrected chi connectivity index (χ0v) is 20.6. The molecule has 0 bridgehead atoms. The molecular formula is C25H29ClN4O2S. The molecule has 2 aromatic carbocycles. The first-order valence-corrected chi connectivity index (χ1v) is 12.8. The van der Waals surface area contributed by atoms with E-state index in [1.165, 1.54) is 22.9 Å². The minimum absolute atomic E-state index is 0.127. The summed E-state index contributed by atoms with van der Waals surface area (Å²) < 4.78 is 8.06. The third-order valence-corrected chi connectivity index (χ3v) is 7.28. The zero-order valence-electron chi connectivity index (χ0n) is 19.0. The number of carbonyl (C=O) groups is 1. The van der Waals surface area contributed by atoms with Crippen LogP contribution < -0.4 is 4.74 Å². The molecular weight excluding hydrogens is 456 g/mol. The highest BCUT2D eigenvalue weighted by molar-refractivity contribution is 7.99. The Bertz CT molecular complexity index is 1100. The van der Waals surface area contributed by atoms with Crippen molar-refractivity contribution in [1.82, 2.24) is 19.7 Å². The smallest absolute Gasteiger partial charge is 0.233 e. The molecule has 0 N–H and O–H groups in total. The van der Waals surface area contributed by atoms with Gasteiger partial charge in [0, 0.05) is 19.1 Å². The average molecular weight is 485 g/mol. The molecule has 4 rings (SSSR count). The number of carbonyl (C=O) groups excluding carboxylic acids is 1. The van der Waals surface area contributed by atoms with E-state index in [-0.39, 0.29) is 18.6 Å². The maximum Gasteiger partial charge on any atom is 0.233 e. The van der Waals surface area contributed by atoms with Crippen LogP contribution in [-0.2, 0) is 24.4 Å². The quantitative estimate of drug-likeness (QED) is 0.373. The highest BCUT2D eigenvalue weighted by atomic mass is 35.5. The van der Waals surface area contributed by atoms with Gasteiger partial charge < -0.3 is 14.2 Å². The first-order valence-electron chi connectivity index (χ1n) is 11.4. The number of nitrogens with zero attached hydrogens (tertiary/aromatic N) is 4. The number of aromatic nitrogens is 3. The maximum absolute atomic E-state index is 13.0. The molecule has 174 valence electrons. The largest absolute Gasteiger partial charge is 0.484 e. The summed E-state index contributed by atoms with van der Waals surface area (Å²) in [4.78, 5) is 14.9. The van der Waals surface area contributed by atoms with Crippen molar-refractivity contribution in [3.63, 3.8) is 0 Å². The predicted octanol–water partition coefficient (Wildman–Crippen LogP) is 5.55. The van der Waals surface area contributed by atoms with Crippen molar-refractivity contribution in [2.45, 2.75) is 57.5 Å². The Morgan fingerprint density at radius 2 is 1.82 bits per heavy atom.